The summed E-state index contributed by atoms with van der Waals surface area (Å²) >= 11 is 0. The third kappa shape index (κ3) is 3.39. The summed E-state index contributed by atoms with van der Waals surface area (Å²) in [7, 11) is -9.28. The average Bonchev–Trinajstić information content (AvgIpc) is 2.27. The van der Waals surface area contributed by atoms with E-state index < -0.39 is 50.3 Å². The Labute approximate surface area is 85.8 Å². The normalized spacial score (nSPS) is 23.5. The fourth-order valence-electron chi connectivity index (χ4n) is 1.25. The van der Waals surface area contributed by atoms with Crippen LogP contribution in [0.1, 0.15) is 6.42 Å². The summed E-state index contributed by atoms with van der Waals surface area (Å²) in [4.78, 5) is 11.6. The molecule has 1 aliphatic heterocycles. The highest BCUT2D eigenvalue weighted by molar-refractivity contribution is 7.87. The Morgan fingerprint density at radius 2 is 1.93 bits per heavy atom. The predicted octanol–water partition coefficient (Wildman–Crippen LogP) is -1.27. The largest absolute Gasteiger partial charge is 0.325 e. The van der Waals surface area contributed by atoms with E-state index in [4.69, 9.17) is 4.55 Å². The van der Waals surface area contributed by atoms with E-state index in [9.17, 15) is 25.5 Å². The quantitative estimate of drug-likeness (QED) is 0.501. The first-order valence-electron chi connectivity index (χ1n) is 3.76. The summed E-state index contributed by atoms with van der Waals surface area (Å²) < 4.78 is 62.6. The van der Waals surface area contributed by atoms with Crippen LogP contribution in [-0.4, -0.2) is 49.9 Å². The Bertz CT molecular complexity index is 468. The van der Waals surface area contributed by atoms with E-state index in [1.165, 1.54) is 0 Å². The molecule has 1 aliphatic rings. The van der Waals surface area contributed by atoms with Crippen molar-refractivity contribution in [2.75, 3.05) is 12.4 Å². The van der Waals surface area contributed by atoms with Crippen LogP contribution in [0.3, 0.4) is 0 Å². The molecule has 1 unspecified atom stereocenters. The van der Waals surface area contributed by atoms with E-state index >= 15 is 0 Å². The lowest BCUT2D eigenvalue weighted by molar-refractivity contribution is -0.127. The van der Waals surface area contributed by atoms with Crippen LogP contribution >= 0.6 is 0 Å². The lowest BCUT2D eigenvalue weighted by Gasteiger charge is -2.12. The second kappa shape index (κ2) is 3.68. The Hall–Kier alpha value is -0.740. The molecule has 1 N–H and O–H groups in total. The van der Waals surface area contributed by atoms with Crippen molar-refractivity contribution in [3.8, 4) is 0 Å². The van der Waals surface area contributed by atoms with Crippen molar-refractivity contribution in [2.24, 2.45) is 0 Å². The summed E-state index contributed by atoms with van der Waals surface area (Å²) in [5.74, 6) is -1.84. The standard InChI is InChI=1S/C5H8FNO6S2/c6-15(12,13)4-1-5(8)7(2-4)3-14(9,10)11/h4H,1-3H2,(H,9,10,11). The number of halogens is 1. The third-order valence-electron chi connectivity index (χ3n) is 1.90. The molecule has 10 heteroatoms. The predicted molar refractivity (Wildman–Crippen MR) is 46.6 cm³/mol. The van der Waals surface area contributed by atoms with Gasteiger partial charge in [-0.25, -0.2) is 0 Å². The Kier molecular flexibility index (Phi) is 3.03. The van der Waals surface area contributed by atoms with Crippen molar-refractivity contribution in [3.63, 3.8) is 0 Å². The molecule has 1 fully saturated rings. The van der Waals surface area contributed by atoms with E-state index in [1.54, 1.807) is 0 Å². The summed E-state index contributed by atoms with van der Waals surface area (Å²) in [6, 6.07) is 0. The molecule has 15 heavy (non-hydrogen) atoms. The van der Waals surface area contributed by atoms with Crippen molar-refractivity contribution in [1.29, 1.82) is 0 Å². The minimum atomic E-state index is -4.86. The van der Waals surface area contributed by atoms with Gasteiger partial charge in [-0.2, -0.15) is 16.8 Å². The molecule has 0 saturated carbocycles. The summed E-state index contributed by atoms with van der Waals surface area (Å²) in [5, 5.41) is -1.55. The molecule has 0 aromatic carbocycles. The Morgan fingerprint density at radius 1 is 1.40 bits per heavy atom. The Balaban J connectivity index is 2.79. The van der Waals surface area contributed by atoms with Crippen LogP contribution in [-0.2, 0) is 25.1 Å². The van der Waals surface area contributed by atoms with Crippen LogP contribution in [0.2, 0.25) is 0 Å². The maximum absolute atomic E-state index is 12.5. The van der Waals surface area contributed by atoms with Crippen LogP contribution in [0, 0.1) is 0 Å². The zero-order chi connectivity index (χ0) is 11.9. The monoisotopic (exact) mass is 261 g/mol. The van der Waals surface area contributed by atoms with Crippen molar-refractivity contribution < 1.29 is 30.1 Å². The third-order valence-corrected chi connectivity index (χ3v) is 3.65. The minimum Gasteiger partial charge on any atom is -0.325 e. The number of rotatable bonds is 3. The maximum Gasteiger partial charge on any atom is 0.307 e. The molecule has 1 saturated heterocycles. The topological polar surface area (TPSA) is 109 Å². The van der Waals surface area contributed by atoms with E-state index in [2.05, 4.69) is 0 Å². The number of likely N-dealkylation sites (tertiary alicyclic amines) is 1. The summed E-state index contributed by atoms with van der Waals surface area (Å²) in [6.45, 7) is -0.558. The molecule has 0 bridgehead atoms. The van der Waals surface area contributed by atoms with Crippen LogP contribution in [0.5, 0.6) is 0 Å². The van der Waals surface area contributed by atoms with Gasteiger partial charge < -0.3 is 4.90 Å². The van der Waals surface area contributed by atoms with Gasteiger partial charge in [-0.3, -0.25) is 9.35 Å². The SMILES string of the molecule is O=C1CC(S(=O)(=O)F)CN1CS(=O)(=O)O. The van der Waals surface area contributed by atoms with Crippen LogP contribution in [0.25, 0.3) is 0 Å². The van der Waals surface area contributed by atoms with Crippen LogP contribution in [0.15, 0.2) is 0 Å². The number of hydrogen-bond acceptors (Lipinski definition) is 5. The fourth-order valence-corrected chi connectivity index (χ4v) is 2.59. The molecule has 0 aliphatic carbocycles. The molecule has 88 valence electrons. The van der Waals surface area contributed by atoms with Gasteiger partial charge in [-0.05, 0) is 0 Å². The van der Waals surface area contributed by atoms with Gasteiger partial charge >= 0.3 is 10.2 Å². The van der Waals surface area contributed by atoms with Gasteiger partial charge in [-0.15, -0.1) is 3.89 Å². The van der Waals surface area contributed by atoms with Gasteiger partial charge in [0.15, 0.2) is 0 Å². The minimum absolute atomic E-state index is 0.558. The molecule has 7 nitrogen and oxygen atoms in total. The second-order valence-electron chi connectivity index (χ2n) is 3.13. The molecular formula is C5H8FNO6S2. The molecule has 1 heterocycles. The smallest absolute Gasteiger partial charge is 0.307 e. The molecule has 0 spiro atoms. The first-order chi connectivity index (χ1) is 6.59. The molecule has 0 aromatic rings. The van der Waals surface area contributed by atoms with Crippen LogP contribution in [0.4, 0.5) is 3.89 Å². The van der Waals surface area contributed by atoms with Gasteiger partial charge in [0.05, 0.1) is 0 Å². The van der Waals surface area contributed by atoms with E-state index in [0.717, 1.165) is 0 Å². The number of carbonyl (C=O) groups excluding carboxylic acids is 1. The molecule has 1 atom stereocenters. The molecule has 1 amide bonds. The van der Waals surface area contributed by atoms with E-state index in [-0.39, 0.29) is 0 Å². The summed E-state index contributed by atoms with van der Waals surface area (Å²) in [6.07, 6.45) is -0.603. The molecule has 0 radical (unpaired) electrons. The highest BCUT2D eigenvalue weighted by Crippen LogP contribution is 2.19. The number of hydrogen-bond donors (Lipinski definition) is 1. The average molecular weight is 261 g/mol. The van der Waals surface area contributed by atoms with Crippen LogP contribution < -0.4 is 0 Å². The molecule has 1 rings (SSSR count). The fraction of sp³-hybridized carbons (Fsp3) is 0.800. The number of nitrogens with zero attached hydrogens (tertiary/aromatic N) is 1. The van der Waals surface area contributed by atoms with Crippen molar-refractivity contribution in [3.05, 3.63) is 0 Å². The first kappa shape index (κ1) is 12.3. The first-order valence-corrected chi connectivity index (χ1v) is 6.81. The zero-order valence-corrected chi connectivity index (χ0v) is 8.96. The molecule has 0 aromatic heterocycles. The zero-order valence-electron chi connectivity index (χ0n) is 7.33. The van der Waals surface area contributed by atoms with E-state index in [0.29, 0.717) is 4.90 Å². The lowest BCUT2D eigenvalue weighted by Crippen LogP contribution is -2.32. The van der Waals surface area contributed by atoms with Gasteiger partial charge in [-0.1, -0.05) is 0 Å². The van der Waals surface area contributed by atoms with Crippen molar-refractivity contribution in [2.45, 2.75) is 11.7 Å². The molecular weight excluding hydrogens is 253 g/mol. The lowest BCUT2D eigenvalue weighted by atomic mass is 10.4. The highest BCUT2D eigenvalue weighted by atomic mass is 32.3. The van der Waals surface area contributed by atoms with Gasteiger partial charge in [0, 0.05) is 13.0 Å². The van der Waals surface area contributed by atoms with Gasteiger partial charge in [0.25, 0.3) is 10.1 Å². The Morgan fingerprint density at radius 3 is 2.27 bits per heavy atom. The van der Waals surface area contributed by atoms with Gasteiger partial charge in [0.2, 0.25) is 5.91 Å². The maximum atomic E-state index is 12.5. The van der Waals surface area contributed by atoms with Crippen molar-refractivity contribution >= 4 is 26.2 Å². The number of carbonyl (C=O) groups is 1. The number of amides is 1. The second-order valence-corrected chi connectivity index (χ2v) is 6.17. The van der Waals surface area contributed by atoms with Gasteiger partial charge in [0.1, 0.15) is 11.1 Å². The van der Waals surface area contributed by atoms with E-state index in [1.807, 2.05) is 0 Å². The van der Waals surface area contributed by atoms with Crippen molar-refractivity contribution in [1.82, 2.24) is 4.90 Å². The summed E-state index contributed by atoms with van der Waals surface area (Å²) in [5.41, 5.74) is 0. The highest BCUT2D eigenvalue weighted by Gasteiger charge is 2.39.